The zero-order chi connectivity index (χ0) is 15.7. The molecule has 22 heavy (non-hydrogen) atoms. The van der Waals surface area contributed by atoms with Gasteiger partial charge in [0.2, 0.25) is 0 Å². The van der Waals surface area contributed by atoms with Gasteiger partial charge >= 0.3 is 0 Å². The minimum atomic E-state index is 0.0697. The highest BCUT2D eigenvalue weighted by molar-refractivity contribution is 5.86. The molecule has 3 aromatic rings. The van der Waals surface area contributed by atoms with Crippen molar-refractivity contribution >= 4 is 22.9 Å². The Bertz CT molecular complexity index is 835. The number of fused-ring (bicyclic) bond motifs is 1. The predicted molar refractivity (Wildman–Crippen MR) is 93.1 cm³/mol. The van der Waals surface area contributed by atoms with Crippen LogP contribution in [-0.2, 0) is 12.5 Å². The number of imidazole rings is 1. The molecule has 3 nitrogen and oxygen atoms in total. The minimum Gasteiger partial charge on any atom is -0.326 e. The summed E-state index contributed by atoms with van der Waals surface area (Å²) in [5.41, 5.74) is 4.43. The first kappa shape index (κ1) is 14.5. The second-order valence-electron chi connectivity index (χ2n) is 6.54. The van der Waals surface area contributed by atoms with Crippen LogP contribution in [0, 0.1) is 0 Å². The van der Waals surface area contributed by atoms with Crippen molar-refractivity contribution in [1.29, 1.82) is 0 Å². The number of hydrogen-bond acceptors (Lipinski definition) is 2. The average molecular weight is 291 g/mol. The van der Waals surface area contributed by atoms with Crippen LogP contribution < -0.4 is 0 Å². The Hall–Kier alpha value is -2.42. The van der Waals surface area contributed by atoms with Crippen molar-refractivity contribution in [1.82, 2.24) is 9.55 Å². The van der Waals surface area contributed by atoms with E-state index < -0.39 is 0 Å². The third kappa shape index (κ3) is 2.67. The molecule has 3 rings (SSSR count). The van der Waals surface area contributed by atoms with Gasteiger partial charge in [0.15, 0.2) is 5.82 Å². The van der Waals surface area contributed by atoms with Crippen LogP contribution in [0.15, 0.2) is 53.5 Å². The van der Waals surface area contributed by atoms with Crippen molar-refractivity contribution in [3.05, 3.63) is 59.9 Å². The summed E-state index contributed by atoms with van der Waals surface area (Å²) >= 11 is 0. The number of aliphatic imine (C=N–C) groups is 1. The third-order valence-electron chi connectivity index (χ3n) is 3.85. The largest absolute Gasteiger partial charge is 0.326 e. The minimum absolute atomic E-state index is 0.0697. The molecule has 3 heteroatoms. The van der Waals surface area contributed by atoms with Gasteiger partial charge in [-0.1, -0.05) is 51.1 Å². The molecule has 0 aliphatic carbocycles. The van der Waals surface area contributed by atoms with Crippen molar-refractivity contribution in [2.24, 2.45) is 12.0 Å². The molecule has 1 heterocycles. The Morgan fingerprint density at radius 3 is 2.41 bits per heavy atom. The fraction of sp³-hybridized carbons (Fsp3) is 0.263. The maximum Gasteiger partial charge on any atom is 0.152 e. The SMILES string of the molecule is Cn1c(/C=N/c2ccccc2C(C)(C)C)nc2ccccc21. The second kappa shape index (κ2) is 5.41. The normalized spacial score (nSPS) is 12.4. The average Bonchev–Trinajstić information content (AvgIpc) is 2.81. The standard InChI is InChI=1S/C19H21N3/c1-19(2,3)14-9-5-6-10-15(14)20-13-18-21-16-11-7-8-12-17(16)22(18)4/h5-13H,1-4H3/b20-13+. The predicted octanol–water partition coefficient (Wildman–Crippen LogP) is 4.62. The van der Waals surface area contributed by atoms with Crippen LogP contribution in [0.3, 0.4) is 0 Å². The molecule has 0 saturated carbocycles. The van der Waals surface area contributed by atoms with E-state index in [-0.39, 0.29) is 5.41 Å². The van der Waals surface area contributed by atoms with E-state index in [9.17, 15) is 0 Å². The van der Waals surface area contributed by atoms with Crippen molar-refractivity contribution in [2.75, 3.05) is 0 Å². The van der Waals surface area contributed by atoms with Gasteiger partial charge in [0.1, 0.15) is 0 Å². The van der Waals surface area contributed by atoms with Crippen LogP contribution in [-0.4, -0.2) is 15.8 Å². The zero-order valence-electron chi connectivity index (χ0n) is 13.5. The molecule has 112 valence electrons. The van der Waals surface area contributed by atoms with Gasteiger partial charge in [-0.2, -0.15) is 0 Å². The maximum atomic E-state index is 4.69. The van der Waals surface area contributed by atoms with Gasteiger partial charge in [0, 0.05) is 7.05 Å². The lowest BCUT2D eigenvalue weighted by Crippen LogP contribution is -2.11. The highest BCUT2D eigenvalue weighted by atomic mass is 15.1. The van der Waals surface area contributed by atoms with Gasteiger partial charge in [0.05, 0.1) is 22.9 Å². The lowest BCUT2D eigenvalue weighted by Gasteiger charge is -2.20. The number of nitrogens with zero attached hydrogens (tertiary/aromatic N) is 3. The van der Waals surface area contributed by atoms with Crippen LogP contribution in [0.25, 0.3) is 11.0 Å². The van der Waals surface area contributed by atoms with Crippen LogP contribution >= 0.6 is 0 Å². The van der Waals surface area contributed by atoms with Gasteiger partial charge in [-0.25, -0.2) is 4.98 Å². The molecule has 0 fully saturated rings. The zero-order valence-corrected chi connectivity index (χ0v) is 13.5. The molecular formula is C19H21N3. The maximum absolute atomic E-state index is 4.69. The van der Waals surface area contributed by atoms with Crippen LogP contribution in [0.5, 0.6) is 0 Å². The highest BCUT2D eigenvalue weighted by Crippen LogP contribution is 2.31. The van der Waals surface area contributed by atoms with Crippen molar-refractivity contribution < 1.29 is 0 Å². The van der Waals surface area contributed by atoms with E-state index in [1.165, 1.54) is 5.56 Å². The Labute approximate surface area is 131 Å². The van der Waals surface area contributed by atoms with Gasteiger partial charge in [0.25, 0.3) is 0 Å². The van der Waals surface area contributed by atoms with E-state index in [4.69, 9.17) is 4.99 Å². The summed E-state index contributed by atoms with van der Waals surface area (Å²) in [6, 6.07) is 16.4. The lowest BCUT2D eigenvalue weighted by molar-refractivity contribution is 0.591. The van der Waals surface area contributed by atoms with E-state index in [0.29, 0.717) is 0 Å². The molecule has 0 aliphatic rings. The monoisotopic (exact) mass is 291 g/mol. The molecule has 0 N–H and O–H groups in total. The Balaban J connectivity index is 2.02. The number of aryl methyl sites for hydroxylation is 1. The number of para-hydroxylation sites is 3. The smallest absolute Gasteiger partial charge is 0.152 e. The van der Waals surface area contributed by atoms with E-state index in [1.54, 1.807) is 0 Å². The van der Waals surface area contributed by atoms with Crippen molar-refractivity contribution in [3.8, 4) is 0 Å². The van der Waals surface area contributed by atoms with E-state index in [1.807, 2.05) is 37.5 Å². The van der Waals surface area contributed by atoms with Crippen LogP contribution in [0.4, 0.5) is 5.69 Å². The summed E-state index contributed by atoms with van der Waals surface area (Å²) in [4.78, 5) is 9.32. The molecule has 0 atom stereocenters. The Morgan fingerprint density at radius 2 is 1.68 bits per heavy atom. The number of aromatic nitrogens is 2. The molecule has 2 aromatic carbocycles. The van der Waals surface area contributed by atoms with Crippen LogP contribution in [0.1, 0.15) is 32.2 Å². The molecule has 0 saturated heterocycles. The lowest BCUT2D eigenvalue weighted by atomic mass is 9.86. The van der Waals surface area contributed by atoms with Crippen molar-refractivity contribution in [3.63, 3.8) is 0 Å². The van der Waals surface area contributed by atoms with Gasteiger partial charge in [-0.05, 0) is 29.2 Å². The Morgan fingerprint density at radius 1 is 1.00 bits per heavy atom. The molecule has 1 aromatic heterocycles. The van der Waals surface area contributed by atoms with Crippen LogP contribution in [0.2, 0.25) is 0 Å². The summed E-state index contributed by atoms with van der Waals surface area (Å²) in [5, 5.41) is 0. The second-order valence-corrected chi connectivity index (χ2v) is 6.54. The molecule has 0 amide bonds. The summed E-state index contributed by atoms with van der Waals surface area (Å²) in [7, 11) is 2.02. The molecule has 0 spiro atoms. The number of rotatable bonds is 2. The summed E-state index contributed by atoms with van der Waals surface area (Å²) in [6.07, 6.45) is 1.85. The fourth-order valence-electron chi connectivity index (χ4n) is 2.63. The number of hydrogen-bond donors (Lipinski definition) is 0. The van der Waals surface area contributed by atoms with Crippen molar-refractivity contribution in [2.45, 2.75) is 26.2 Å². The fourth-order valence-corrected chi connectivity index (χ4v) is 2.63. The molecule has 0 aliphatic heterocycles. The van der Waals surface area contributed by atoms with Gasteiger partial charge < -0.3 is 4.57 Å². The topological polar surface area (TPSA) is 30.2 Å². The van der Waals surface area contributed by atoms with E-state index in [2.05, 4.69) is 54.6 Å². The molecule has 0 unspecified atom stereocenters. The summed E-state index contributed by atoms with van der Waals surface area (Å²) in [6.45, 7) is 6.61. The highest BCUT2D eigenvalue weighted by Gasteiger charge is 2.16. The van der Waals surface area contributed by atoms with Gasteiger partial charge in [-0.3, -0.25) is 4.99 Å². The Kier molecular flexibility index (Phi) is 3.57. The first-order valence-corrected chi connectivity index (χ1v) is 7.52. The summed E-state index contributed by atoms with van der Waals surface area (Å²) < 4.78 is 2.07. The van der Waals surface area contributed by atoms with Gasteiger partial charge in [-0.15, -0.1) is 0 Å². The first-order valence-electron chi connectivity index (χ1n) is 7.52. The quantitative estimate of drug-likeness (QED) is 0.633. The number of benzene rings is 2. The third-order valence-corrected chi connectivity index (χ3v) is 3.85. The summed E-state index contributed by atoms with van der Waals surface area (Å²) in [5.74, 6) is 0.866. The molecule has 0 bridgehead atoms. The first-order chi connectivity index (χ1) is 10.5. The van der Waals surface area contributed by atoms with E-state index in [0.717, 1.165) is 22.5 Å². The molecule has 0 radical (unpaired) electrons. The van der Waals surface area contributed by atoms with E-state index >= 15 is 0 Å². The molecular weight excluding hydrogens is 270 g/mol.